The van der Waals surface area contributed by atoms with E-state index in [1.54, 1.807) is 43.3 Å². The zero-order valence-electron chi connectivity index (χ0n) is 13.9. The van der Waals surface area contributed by atoms with Gasteiger partial charge >= 0.3 is 5.97 Å². The van der Waals surface area contributed by atoms with E-state index in [4.69, 9.17) is 9.26 Å². The molecule has 6 nitrogen and oxygen atoms in total. The van der Waals surface area contributed by atoms with Gasteiger partial charge in [-0.25, -0.2) is 9.18 Å². The van der Waals surface area contributed by atoms with Crippen LogP contribution in [0, 0.1) is 5.82 Å². The summed E-state index contributed by atoms with van der Waals surface area (Å²) >= 11 is 0. The molecule has 0 unspecified atom stereocenters. The highest BCUT2D eigenvalue weighted by Gasteiger charge is 2.15. The van der Waals surface area contributed by atoms with Crippen molar-refractivity contribution in [1.29, 1.82) is 0 Å². The van der Waals surface area contributed by atoms with Crippen molar-refractivity contribution in [3.05, 3.63) is 71.7 Å². The summed E-state index contributed by atoms with van der Waals surface area (Å²) in [5.74, 6) is -1.36. The normalized spacial score (nSPS) is 10.4. The number of ether oxygens (including phenoxy) is 1. The number of anilines is 1. The van der Waals surface area contributed by atoms with Crippen LogP contribution in [0.15, 0.2) is 59.1 Å². The van der Waals surface area contributed by atoms with E-state index < -0.39 is 17.7 Å². The number of hydrogen-bond acceptors (Lipinski definition) is 5. The Labute approximate surface area is 148 Å². The fourth-order valence-electron chi connectivity index (χ4n) is 2.26. The summed E-state index contributed by atoms with van der Waals surface area (Å²) in [6.45, 7) is 2.01. The van der Waals surface area contributed by atoms with E-state index >= 15 is 0 Å². The third kappa shape index (κ3) is 3.94. The van der Waals surface area contributed by atoms with Crippen LogP contribution in [0.1, 0.15) is 27.8 Å². The van der Waals surface area contributed by atoms with E-state index in [1.165, 1.54) is 18.2 Å². The van der Waals surface area contributed by atoms with Gasteiger partial charge in [0.15, 0.2) is 0 Å². The fraction of sp³-hybridized carbons (Fsp3) is 0.105. The number of benzene rings is 2. The van der Waals surface area contributed by atoms with Crippen molar-refractivity contribution in [3.8, 4) is 11.3 Å². The first-order valence-corrected chi connectivity index (χ1v) is 7.88. The Morgan fingerprint density at radius 2 is 1.92 bits per heavy atom. The second kappa shape index (κ2) is 7.60. The second-order valence-corrected chi connectivity index (χ2v) is 5.34. The number of hydrogen-bond donors (Lipinski definition) is 1. The number of nitrogens with zero attached hydrogens (tertiary/aromatic N) is 1. The Kier molecular flexibility index (Phi) is 5.07. The van der Waals surface area contributed by atoms with Crippen LogP contribution in [0.5, 0.6) is 0 Å². The topological polar surface area (TPSA) is 81.4 Å². The van der Waals surface area contributed by atoms with Crippen molar-refractivity contribution in [2.45, 2.75) is 6.92 Å². The van der Waals surface area contributed by atoms with Crippen LogP contribution in [0.3, 0.4) is 0 Å². The molecule has 0 saturated carbocycles. The zero-order valence-corrected chi connectivity index (χ0v) is 13.9. The molecule has 1 amide bonds. The van der Waals surface area contributed by atoms with E-state index in [2.05, 4.69) is 10.5 Å². The van der Waals surface area contributed by atoms with Gasteiger partial charge in [-0.15, -0.1) is 0 Å². The van der Waals surface area contributed by atoms with Crippen molar-refractivity contribution >= 4 is 17.6 Å². The summed E-state index contributed by atoms with van der Waals surface area (Å²) in [7, 11) is 0. The average Bonchev–Trinajstić information content (AvgIpc) is 3.13. The van der Waals surface area contributed by atoms with E-state index in [1.807, 2.05) is 0 Å². The van der Waals surface area contributed by atoms with Gasteiger partial charge in [-0.2, -0.15) is 0 Å². The molecule has 2 aromatic carbocycles. The van der Waals surface area contributed by atoms with Crippen molar-refractivity contribution in [1.82, 2.24) is 5.16 Å². The predicted molar refractivity (Wildman–Crippen MR) is 92.2 cm³/mol. The zero-order chi connectivity index (χ0) is 18.5. The minimum Gasteiger partial charge on any atom is -0.462 e. The second-order valence-electron chi connectivity index (χ2n) is 5.34. The quantitative estimate of drug-likeness (QED) is 0.703. The molecule has 0 aliphatic heterocycles. The maximum absolute atomic E-state index is 13.3. The lowest BCUT2D eigenvalue weighted by atomic mass is 10.1. The lowest BCUT2D eigenvalue weighted by Crippen LogP contribution is -2.11. The molecule has 0 radical (unpaired) electrons. The van der Waals surface area contributed by atoms with Crippen LogP contribution in [0.25, 0.3) is 11.3 Å². The number of esters is 1. The lowest BCUT2D eigenvalue weighted by Gasteiger charge is -2.04. The number of aromatic nitrogens is 1. The Bertz CT molecular complexity index is 935. The molecule has 1 heterocycles. The molecular weight excluding hydrogens is 339 g/mol. The molecule has 0 atom stereocenters. The highest BCUT2D eigenvalue weighted by molar-refractivity contribution is 6.03. The molecule has 3 rings (SSSR count). The van der Waals surface area contributed by atoms with E-state index in [-0.39, 0.29) is 12.4 Å². The first kappa shape index (κ1) is 17.3. The van der Waals surface area contributed by atoms with Crippen LogP contribution >= 0.6 is 0 Å². The Morgan fingerprint density at radius 3 is 2.62 bits per heavy atom. The lowest BCUT2D eigenvalue weighted by molar-refractivity contribution is 0.0526. The van der Waals surface area contributed by atoms with Crippen molar-refractivity contribution in [2.75, 3.05) is 11.9 Å². The van der Waals surface area contributed by atoms with Crippen LogP contribution in [-0.4, -0.2) is 23.6 Å². The molecule has 1 aromatic heterocycles. The third-order valence-electron chi connectivity index (χ3n) is 3.51. The molecule has 0 saturated heterocycles. The molecule has 26 heavy (non-hydrogen) atoms. The van der Waals surface area contributed by atoms with Crippen LogP contribution in [0.4, 0.5) is 10.1 Å². The minimum atomic E-state index is -0.510. The van der Waals surface area contributed by atoms with Gasteiger partial charge in [0.2, 0.25) is 5.76 Å². The van der Waals surface area contributed by atoms with Gasteiger partial charge in [-0.3, -0.25) is 4.79 Å². The molecular formula is C19H15FN2O4. The average molecular weight is 354 g/mol. The van der Waals surface area contributed by atoms with Gasteiger partial charge in [0.25, 0.3) is 5.91 Å². The van der Waals surface area contributed by atoms with Gasteiger partial charge in [0, 0.05) is 17.3 Å². The van der Waals surface area contributed by atoms with Gasteiger partial charge in [0.05, 0.1) is 12.2 Å². The highest BCUT2D eigenvalue weighted by atomic mass is 19.1. The molecule has 7 heteroatoms. The van der Waals surface area contributed by atoms with Crippen LogP contribution < -0.4 is 5.32 Å². The number of carbonyl (C=O) groups is 2. The van der Waals surface area contributed by atoms with Gasteiger partial charge in [-0.05, 0) is 43.3 Å². The summed E-state index contributed by atoms with van der Waals surface area (Å²) in [6, 6.07) is 13.5. The Balaban J connectivity index is 1.70. The van der Waals surface area contributed by atoms with E-state index in [0.29, 0.717) is 22.5 Å². The molecule has 0 bridgehead atoms. The summed E-state index contributed by atoms with van der Waals surface area (Å²) in [5, 5.41) is 6.42. The highest BCUT2D eigenvalue weighted by Crippen LogP contribution is 2.20. The number of rotatable bonds is 5. The summed E-state index contributed by atoms with van der Waals surface area (Å²) in [5.41, 5.74) is 1.73. The van der Waals surface area contributed by atoms with E-state index in [9.17, 15) is 14.0 Å². The standard InChI is InChI=1S/C19H15FN2O4/c1-2-25-19(24)12-6-8-15(9-7-12)21-18(23)17-11-16(22-26-17)13-4-3-5-14(20)10-13/h3-11H,2H2,1H3,(H,21,23). The van der Waals surface area contributed by atoms with Gasteiger partial charge in [-0.1, -0.05) is 17.3 Å². The molecule has 132 valence electrons. The smallest absolute Gasteiger partial charge is 0.338 e. The summed E-state index contributed by atoms with van der Waals surface area (Å²) in [4.78, 5) is 23.8. The number of carbonyl (C=O) groups excluding carboxylic acids is 2. The minimum absolute atomic E-state index is 0.0151. The maximum atomic E-state index is 13.3. The molecule has 0 aliphatic rings. The summed E-state index contributed by atoms with van der Waals surface area (Å²) in [6.07, 6.45) is 0. The van der Waals surface area contributed by atoms with Crippen LogP contribution in [-0.2, 0) is 4.74 Å². The monoisotopic (exact) mass is 354 g/mol. The van der Waals surface area contributed by atoms with Crippen molar-refractivity contribution < 1.29 is 23.2 Å². The third-order valence-corrected chi connectivity index (χ3v) is 3.51. The Hall–Kier alpha value is -3.48. The first-order valence-electron chi connectivity index (χ1n) is 7.88. The predicted octanol–water partition coefficient (Wildman–Crippen LogP) is 3.91. The molecule has 0 fully saturated rings. The van der Waals surface area contributed by atoms with Crippen molar-refractivity contribution in [2.24, 2.45) is 0 Å². The van der Waals surface area contributed by atoms with E-state index in [0.717, 1.165) is 0 Å². The largest absolute Gasteiger partial charge is 0.462 e. The fourth-order valence-corrected chi connectivity index (χ4v) is 2.26. The summed E-state index contributed by atoms with van der Waals surface area (Å²) < 4.78 is 23.2. The number of halogens is 1. The molecule has 0 aliphatic carbocycles. The van der Waals surface area contributed by atoms with Gasteiger partial charge in [0.1, 0.15) is 11.5 Å². The molecule has 1 N–H and O–H groups in total. The molecule has 0 spiro atoms. The maximum Gasteiger partial charge on any atom is 0.338 e. The number of amides is 1. The SMILES string of the molecule is CCOC(=O)c1ccc(NC(=O)c2cc(-c3cccc(F)c3)no2)cc1. The Morgan fingerprint density at radius 1 is 1.15 bits per heavy atom. The van der Waals surface area contributed by atoms with Crippen molar-refractivity contribution in [3.63, 3.8) is 0 Å². The number of nitrogens with one attached hydrogen (secondary N) is 1. The van der Waals surface area contributed by atoms with Gasteiger partial charge < -0.3 is 14.6 Å². The first-order chi connectivity index (χ1) is 12.6. The van der Waals surface area contributed by atoms with Crippen LogP contribution in [0.2, 0.25) is 0 Å². The molecule has 3 aromatic rings.